The molecule has 1 atom stereocenters. The summed E-state index contributed by atoms with van der Waals surface area (Å²) < 4.78 is 0. The van der Waals surface area contributed by atoms with Gasteiger partial charge in [0.15, 0.2) is 0 Å². The first-order chi connectivity index (χ1) is 7.65. The number of aliphatic hydroxyl groups excluding tert-OH is 1. The van der Waals surface area contributed by atoms with Gasteiger partial charge in [0.2, 0.25) is 0 Å². The molecule has 0 aliphatic carbocycles. The lowest BCUT2D eigenvalue weighted by molar-refractivity contribution is 0.169. The summed E-state index contributed by atoms with van der Waals surface area (Å²) in [5, 5.41) is 9.90. The summed E-state index contributed by atoms with van der Waals surface area (Å²) in [6.07, 6.45) is 1.03. The molecule has 2 heteroatoms. The Morgan fingerprint density at radius 3 is 2.38 bits per heavy atom. The number of aliphatic hydroxyl groups is 1. The molecule has 2 nitrogen and oxygen atoms in total. The molecule has 0 heterocycles. The quantitative estimate of drug-likeness (QED) is 0.784. The smallest absolute Gasteiger partial charge is 0.0799 e. The number of benzene rings is 1. The fourth-order valence-corrected chi connectivity index (χ4v) is 1.50. The third-order valence-corrected chi connectivity index (χ3v) is 2.51. The third kappa shape index (κ3) is 3.60. The molecule has 86 valence electrons. The van der Waals surface area contributed by atoms with Gasteiger partial charge in [-0.1, -0.05) is 12.1 Å². The van der Waals surface area contributed by atoms with Crippen LogP contribution in [-0.2, 0) is 0 Å². The second kappa shape index (κ2) is 6.19. The Bertz CT molecular complexity index is 370. The van der Waals surface area contributed by atoms with E-state index in [1.165, 1.54) is 0 Å². The summed E-state index contributed by atoms with van der Waals surface area (Å²) >= 11 is 0. The van der Waals surface area contributed by atoms with Crippen LogP contribution in [0.15, 0.2) is 24.3 Å². The largest absolute Gasteiger partial charge is 0.388 e. The van der Waals surface area contributed by atoms with Crippen molar-refractivity contribution in [2.75, 3.05) is 19.0 Å². The van der Waals surface area contributed by atoms with E-state index in [1.807, 2.05) is 50.2 Å². The highest BCUT2D eigenvalue weighted by Gasteiger charge is 2.06. The minimum Gasteiger partial charge on any atom is -0.388 e. The maximum absolute atomic E-state index is 9.90. The molecule has 0 aliphatic heterocycles. The Labute approximate surface area is 97.9 Å². The van der Waals surface area contributed by atoms with E-state index in [2.05, 4.69) is 11.8 Å². The predicted octanol–water partition coefficient (Wildman–Crippen LogP) is 2.59. The first-order valence-electron chi connectivity index (χ1n) is 5.50. The van der Waals surface area contributed by atoms with Crippen LogP contribution in [0, 0.1) is 11.8 Å². The monoisotopic (exact) mass is 217 g/mol. The Balaban J connectivity index is 2.61. The highest BCUT2D eigenvalue weighted by Crippen LogP contribution is 2.20. The molecule has 0 amide bonds. The minimum atomic E-state index is -0.405. The maximum atomic E-state index is 9.90. The summed E-state index contributed by atoms with van der Waals surface area (Å²) in [4.78, 5) is 2.04. The van der Waals surface area contributed by atoms with Crippen molar-refractivity contribution in [3.63, 3.8) is 0 Å². The molecule has 0 aliphatic rings. The van der Waals surface area contributed by atoms with E-state index < -0.39 is 6.10 Å². The molecule has 1 rings (SSSR count). The Hall–Kier alpha value is -1.46. The van der Waals surface area contributed by atoms with Crippen molar-refractivity contribution >= 4 is 5.69 Å². The van der Waals surface area contributed by atoms with Crippen LogP contribution in [-0.4, -0.2) is 19.2 Å². The molecule has 0 bridgehead atoms. The van der Waals surface area contributed by atoms with E-state index in [4.69, 9.17) is 0 Å². The lowest BCUT2D eigenvalue weighted by Crippen LogP contribution is -2.08. The van der Waals surface area contributed by atoms with Gasteiger partial charge in [-0.05, 0) is 31.0 Å². The first-order valence-corrected chi connectivity index (χ1v) is 5.50. The van der Waals surface area contributed by atoms with Gasteiger partial charge in [-0.2, -0.15) is 0 Å². The number of nitrogens with zero attached hydrogens (tertiary/aromatic N) is 1. The van der Waals surface area contributed by atoms with Crippen LogP contribution in [0.5, 0.6) is 0 Å². The lowest BCUT2D eigenvalue weighted by Gasteiger charge is -2.14. The van der Waals surface area contributed by atoms with Crippen molar-refractivity contribution in [3.8, 4) is 11.8 Å². The molecule has 0 aromatic heterocycles. The van der Waals surface area contributed by atoms with Crippen molar-refractivity contribution in [2.24, 2.45) is 0 Å². The SMILES string of the molecule is CC#CCCC(O)c1ccc(N(C)C)cc1. The van der Waals surface area contributed by atoms with Crippen LogP contribution in [0.25, 0.3) is 0 Å². The zero-order valence-electron chi connectivity index (χ0n) is 10.2. The number of hydrogen-bond acceptors (Lipinski definition) is 2. The molecule has 0 spiro atoms. The molecular formula is C14H19NO. The van der Waals surface area contributed by atoms with Gasteiger partial charge in [-0.25, -0.2) is 0 Å². The normalized spacial score (nSPS) is 11.5. The van der Waals surface area contributed by atoms with Gasteiger partial charge in [0.25, 0.3) is 0 Å². The van der Waals surface area contributed by atoms with Crippen molar-refractivity contribution in [2.45, 2.75) is 25.9 Å². The van der Waals surface area contributed by atoms with Crippen molar-refractivity contribution in [1.29, 1.82) is 0 Å². The standard InChI is InChI=1S/C14H19NO/c1-4-5-6-7-14(16)12-8-10-13(11-9-12)15(2)3/h8-11,14,16H,6-7H2,1-3H3. The highest BCUT2D eigenvalue weighted by molar-refractivity contribution is 5.46. The number of rotatable bonds is 4. The molecule has 1 aromatic carbocycles. The van der Waals surface area contributed by atoms with Gasteiger partial charge in [0, 0.05) is 26.2 Å². The first kappa shape index (κ1) is 12.6. The third-order valence-electron chi connectivity index (χ3n) is 2.51. The Kier molecular flexibility index (Phi) is 4.88. The summed E-state index contributed by atoms with van der Waals surface area (Å²) in [5.41, 5.74) is 2.10. The molecule has 16 heavy (non-hydrogen) atoms. The van der Waals surface area contributed by atoms with Gasteiger partial charge < -0.3 is 10.0 Å². The average molecular weight is 217 g/mol. The van der Waals surface area contributed by atoms with Crippen molar-refractivity contribution in [3.05, 3.63) is 29.8 Å². The fourth-order valence-electron chi connectivity index (χ4n) is 1.50. The van der Waals surface area contributed by atoms with Crippen LogP contribution < -0.4 is 4.90 Å². The average Bonchev–Trinajstić information content (AvgIpc) is 2.29. The van der Waals surface area contributed by atoms with E-state index in [0.717, 1.165) is 17.7 Å². The lowest BCUT2D eigenvalue weighted by atomic mass is 10.0. The fraction of sp³-hybridized carbons (Fsp3) is 0.429. The van der Waals surface area contributed by atoms with Gasteiger partial charge in [-0.15, -0.1) is 11.8 Å². The number of hydrogen-bond donors (Lipinski definition) is 1. The molecule has 0 fully saturated rings. The Morgan fingerprint density at radius 2 is 1.88 bits per heavy atom. The van der Waals surface area contributed by atoms with Crippen LogP contribution in [0.2, 0.25) is 0 Å². The minimum absolute atomic E-state index is 0.405. The van der Waals surface area contributed by atoms with Gasteiger partial charge >= 0.3 is 0 Å². The number of anilines is 1. The zero-order valence-corrected chi connectivity index (χ0v) is 10.2. The topological polar surface area (TPSA) is 23.5 Å². The van der Waals surface area contributed by atoms with E-state index in [1.54, 1.807) is 0 Å². The molecule has 1 aromatic rings. The summed E-state index contributed by atoms with van der Waals surface area (Å²) in [6.45, 7) is 1.82. The highest BCUT2D eigenvalue weighted by atomic mass is 16.3. The van der Waals surface area contributed by atoms with E-state index in [0.29, 0.717) is 6.42 Å². The molecule has 0 saturated heterocycles. The van der Waals surface area contributed by atoms with E-state index in [9.17, 15) is 5.11 Å². The van der Waals surface area contributed by atoms with Gasteiger partial charge in [-0.3, -0.25) is 0 Å². The van der Waals surface area contributed by atoms with Crippen LogP contribution in [0.4, 0.5) is 5.69 Å². The van der Waals surface area contributed by atoms with E-state index in [-0.39, 0.29) is 0 Å². The van der Waals surface area contributed by atoms with Gasteiger partial charge in [0.1, 0.15) is 0 Å². The van der Waals surface area contributed by atoms with Crippen LogP contribution in [0.1, 0.15) is 31.4 Å². The molecular weight excluding hydrogens is 198 g/mol. The van der Waals surface area contributed by atoms with Crippen LogP contribution in [0.3, 0.4) is 0 Å². The molecule has 0 saturated carbocycles. The summed E-state index contributed by atoms with van der Waals surface area (Å²) in [6, 6.07) is 7.98. The van der Waals surface area contributed by atoms with Crippen molar-refractivity contribution < 1.29 is 5.11 Å². The second-order valence-corrected chi connectivity index (χ2v) is 3.97. The zero-order chi connectivity index (χ0) is 12.0. The molecule has 0 radical (unpaired) electrons. The Morgan fingerprint density at radius 1 is 1.25 bits per heavy atom. The van der Waals surface area contributed by atoms with Crippen molar-refractivity contribution in [1.82, 2.24) is 0 Å². The maximum Gasteiger partial charge on any atom is 0.0799 e. The predicted molar refractivity (Wildman–Crippen MR) is 68.4 cm³/mol. The molecule has 1 unspecified atom stereocenters. The second-order valence-electron chi connectivity index (χ2n) is 3.97. The van der Waals surface area contributed by atoms with Crippen LogP contribution >= 0.6 is 0 Å². The summed E-state index contributed by atoms with van der Waals surface area (Å²) in [7, 11) is 4.00. The van der Waals surface area contributed by atoms with E-state index >= 15 is 0 Å². The molecule has 1 N–H and O–H groups in total. The van der Waals surface area contributed by atoms with Gasteiger partial charge in [0.05, 0.1) is 6.10 Å². The summed E-state index contributed by atoms with van der Waals surface area (Å²) in [5.74, 6) is 5.79.